The van der Waals surface area contributed by atoms with Gasteiger partial charge in [-0.1, -0.05) is 266 Å². The lowest BCUT2D eigenvalue weighted by molar-refractivity contribution is -0.167. The molecule has 0 saturated carbocycles. The molecule has 0 bridgehead atoms. The van der Waals surface area contributed by atoms with E-state index >= 15 is 0 Å². The molecule has 0 spiro atoms. The number of ether oxygens (including phenoxy) is 3. The number of rotatable bonds is 49. The van der Waals surface area contributed by atoms with Gasteiger partial charge in [-0.05, 0) is 31.1 Å². The SMILES string of the molecule is CCCCCCCCCCCCCCCCCCCCC(=O)O[C@@H](COC(=O)CCCCCCCCCCCCCCCC(C)C)COC(=O)CCCCCCCCC(C)C. The number of unbranched alkanes of at least 4 members (excludes halogenated alkanes) is 34. The van der Waals surface area contributed by atoms with E-state index in [2.05, 4.69) is 34.6 Å². The van der Waals surface area contributed by atoms with Gasteiger partial charge in [0.2, 0.25) is 0 Å². The molecule has 0 saturated heterocycles. The molecule has 0 aliphatic heterocycles. The summed E-state index contributed by atoms with van der Waals surface area (Å²) in [7, 11) is 0. The molecule has 0 amide bonds. The van der Waals surface area contributed by atoms with Crippen molar-refractivity contribution in [2.75, 3.05) is 13.2 Å². The minimum Gasteiger partial charge on any atom is -0.462 e. The Morgan fingerprint density at radius 2 is 0.541 bits per heavy atom. The maximum atomic E-state index is 12.8. The van der Waals surface area contributed by atoms with Gasteiger partial charge in [0.15, 0.2) is 6.10 Å². The summed E-state index contributed by atoms with van der Waals surface area (Å²) >= 11 is 0. The first-order valence-corrected chi connectivity index (χ1v) is 27.2. The lowest BCUT2D eigenvalue weighted by atomic mass is 10.0. The average molecular weight is 863 g/mol. The summed E-state index contributed by atoms with van der Waals surface area (Å²) in [6, 6.07) is 0. The highest BCUT2D eigenvalue weighted by Gasteiger charge is 2.19. The van der Waals surface area contributed by atoms with Crippen LogP contribution in [0.5, 0.6) is 0 Å². The van der Waals surface area contributed by atoms with Crippen LogP contribution in [0.25, 0.3) is 0 Å². The summed E-state index contributed by atoms with van der Waals surface area (Å²) in [5.74, 6) is 0.753. The molecule has 0 aromatic carbocycles. The first-order valence-electron chi connectivity index (χ1n) is 27.2. The number of carbonyl (C=O) groups excluding carboxylic acids is 3. The zero-order chi connectivity index (χ0) is 44.7. The number of hydrogen-bond donors (Lipinski definition) is 0. The normalized spacial score (nSPS) is 12.0. The maximum absolute atomic E-state index is 12.8. The summed E-state index contributed by atoms with van der Waals surface area (Å²) in [6.45, 7) is 11.3. The molecular weight excluding hydrogens is 757 g/mol. The molecule has 0 aliphatic carbocycles. The van der Waals surface area contributed by atoms with Crippen molar-refractivity contribution in [2.24, 2.45) is 11.8 Å². The standard InChI is InChI=1S/C55H106O6/c1-6-7-8-9-10-11-12-13-14-15-16-17-20-24-27-30-37-42-47-55(58)61-52(49-60-54(57)46-41-36-32-31-34-39-44-51(4)5)48-59-53(56)45-40-35-29-26-23-21-18-19-22-25-28-33-38-43-50(2)3/h50-52H,6-49H2,1-5H3/t52-/m0/s1. The highest BCUT2D eigenvalue weighted by Crippen LogP contribution is 2.18. The Kier molecular flexibility index (Phi) is 46.6. The predicted molar refractivity (Wildman–Crippen MR) is 261 cm³/mol. The van der Waals surface area contributed by atoms with Crippen molar-refractivity contribution in [3.63, 3.8) is 0 Å². The quantitative estimate of drug-likeness (QED) is 0.0344. The summed E-state index contributed by atoms with van der Waals surface area (Å²) < 4.78 is 16.8. The zero-order valence-corrected chi connectivity index (χ0v) is 41.8. The second-order valence-electron chi connectivity index (χ2n) is 19.8. The third kappa shape index (κ3) is 49.3. The molecule has 0 aromatic rings. The van der Waals surface area contributed by atoms with Gasteiger partial charge in [-0.3, -0.25) is 14.4 Å². The van der Waals surface area contributed by atoms with Gasteiger partial charge in [0.1, 0.15) is 13.2 Å². The monoisotopic (exact) mass is 863 g/mol. The van der Waals surface area contributed by atoms with Crippen LogP contribution in [0.3, 0.4) is 0 Å². The highest BCUT2D eigenvalue weighted by molar-refractivity contribution is 5.71. The molecule has 61 heavy (non-hydrogen) atoms. The molecule has 0 N–H and O–H groups in total. The largest absolute Gasteiger partial charge is 0.462 e. The Bertz CT molecular complexity index is 931. The van der Waals surface area contributed by atoms with Crippen LogP contribution in [0.15, 0.2) is 0 Å². The smallest absolute Gasteiger partial charge is 0.306 e. The fourth-order valence-electron chi connectivity index (χ4n) is 8.34. The second-order valence-corrected chi connectivity index (χ2v) is 19.8. The fraction of sp³-hybridized carbons (Fsp3) is 0.945. The summed E-state index contributed by atoms with van der Waals surface area (Å²) in [5, 5.41) is 0. The van der Waals surface area contributed by atoms with E-state index in [1.807, 2.05) is 0 Å². The van der Waals surface area contributed by atoms with E-state index in [1.165, 1.54) is 193 Å². The Balaban J connectivity index is 4.24. The van der Waals surface area contributed by atoms with Gasteiger partial charge in [-0.25, -0.2) is 0 Å². The first kappa shape index (κ1) is 59.4. The topological polar surface area (TPSA) is 78.9 Å². The van der Waals surface area contributed by atoms with Gasteiger partial charge in [0.05, 0.1) is 0 Å². The summed E-state index contributed by atoms with van der Waals surface area (Å²) in [5.41, 5.74) is 0. The minimum absolute atomic E-state index is 0.0642. The highest BCUT2D eigenvalue weighted by atomic mass is 16.6. The van der Waals surface area contributed by atoms with Gasteiger partial charge in [0.25, 0.3) is 0 Å². The van der Waals surface area contributed by atoms with Crippen LogP contribution in [0.1, 0.15) is 304 Å². The van der Waals surface area contributed by atoms with Crippen LogP contribution < -0.4 is 0 Å². The molecule has 0 fully saturated rings. The van der Waals surface area contributed by atoms with E-state index in [9.17, 15) is 14.4 Å². The number of esters is 3. The number of hydrogen-bond acceptors (Lipinski definition) is 6. The molecule has 0 heterocycles. The van der Waals surface area contributed by atoms with Crippen molar-refractivity contribution in [1.29, 1.82) is 0 Å². The lowest BCUT2D eigenvalue weighted by Crippen LogP contribution is -2.30. The Labute approximate surface area is 380 Å². The molecule has 0 aromatic heterocycles. The Morgan fingerprint density at radius 1 is 0.311 bits per heavy atom. The lowest BCUT2D eigenvalue weighted by Gasteiger charge is -2.18. The molecule has 0 rings (SSSR count). The summed E-state index contributed by atoms with van der Waals surface area (Å²) in [6.07, 6.45) is 49.7. The van der Waals surface area contributed by atoms with Crippen LogP contribution in [0, 0.1) is 11.8 Å². The molecule has 0 aliphatic rings. The molecule has 6 nitrogen and oxygen atoms in total. The van der Waals surface area contributed by atoms with Crippen molar-refractivity contribution in [3.05, 3.63) is 0 Å². The maximum Gasteiger partial charge on any atom is 0.306 e. The van der Waals surface area contributed by atoms with Gasteiger partial charge < -0.3 is 14.2 Å². The third-order valence-corrected chi connectivity index (χ3v) is 12.5. The van der Waals surface area contributed by atoms with Gasteiger partial charge >= 0.3 is 17.9 Å². The van der Waals surface area contributed by atoms with E-state index in [1.54, 1.807) is 0 Å². The summed E-state index contributed by atoms with van der Waals surface area (Å²) in [4.78, 5) is 38.0. The van der Waals surface area contributed by atoms with E-state index in [0.29, 0.717) is 19.3 Å². The van der Waals surface area contributed by atoms with Crippen molar-refractivity contribution in [1.82, 2.24) is 0 Å². The Morgan fingerprint density at radius 3 is 0.803 bits per heavy atom. The molecule has 0 radical (unpaired) electrons. The molecule has 1 atom stereocenters. The van der Waals surface area contributed by atoms with Crippen LogP contribution in [0.2, 0.25) is 0 Å². The second kappa shape index (κ2) is 47.9. The Hall–Kier alpha value is -1.59. The van der Waals surface area contributed by atoms with Crippen LogP contribution >= 0.6 is 0 Å². The van der Waals surface area contributed by atoms with Gasteiger partial charge in [-0.2, -0.15) is 0 Å². The average Bonchev–Trinajstić information content (AvgIpc) is 3.23. The van der Waals surface area contributed by atoms with Crippen molar-refractivity contribution < 1.29 is 28.6 Å². The fourth-order valence-corrected chi connectivity index (χ4v) is 8.34. The molecular formula is C55H106O6. The molecule has 362 valence electrons. The van der Waals surface area contributed by atoms with Crippen molar-refractivity contribution in [2.45, 2.75) is 310 Å². The van der Waals surface area contributed by atoms with Crippen molar-refractivity contribution >= 4 is 17.9 Å². The molecule has 6 heteroatoms. The van der Waals surface area contributed by atoms with Gasteiger partial charge in [0, 0.05) is 19.3 Å². The van der Waals surface area contributed by atoms with Gasteiger partial charge in [-0.15, -0.1) is 0 Å². The number of carbonyl (C=O) groups is 3. The van der Waals surface area contributed by atoms with E-state index < -0.39 is 6.10 Å². The van der Waals surface area contributed by atoms with E-state index in [-0.39, 0.29) is 31.1 Å². The van der Waals surface area contributed by atoms with Crippen LogP contribution in [0.4, 0.5) is 0 Å². The first-order chi connectivity index (χ1) is 29.7. The van der Waals surface area contributed by atoms with Crippen LogP contribution in [-0.2, 0) is 28.6 Å². The third-order valence-electron chi connectivity index (χ3n) is 12.5. The van der Waals surface area contributed by atoms with Crippen molar-refractivity contribution in [3.8, 4) is 0 Å². The minimum atomic E-state index is -0.762. The predicted octanol–water partition coefficient (Wildman–Crippen LogP) is 17.7. The van der Waals surface area contributed by atoms with Crippen LogP contribution in [-0.4, -0.2) is 37.2 Å². The van der Waals surface area contributed by atoms with E-state index in [4.69, 9.17) is 14.2 Å². The molecule has 0 unspecified atom stereocenters. The zero-order valence-electron chi connectivity index (χ0n) is 41.8. The van der Waals surface area contributed by atoms with E-state index in [0.717, 1.165) is 69.6 Å².